The van der Waals surface area contributed by atoms with Crippen molar-refractivity contribution in [1.82, 2.24) is 19.7 Å². The van der Waals surface area contributed by atoms with Gasteiger partial charge >= 0.3 is 0 Å². The number of aryl methyl sites for hydroxylation is 1. The Labute approximate surface area is 131 Å². The van der Waals surface area contributed by atoms with Crippen LogP contribution in [0.25, 0.3) is 0 Å². The van der Waals surface area contributed by atoms with E-state index in [2.05, 4.69) is 48.1 Å². The topological polar surface area (TPSA) is 64.9 Å². The Hall–Kier alpha value is -1.95. The standard InChI is InChI=1S/C16H25N5O/c1-11(12-8-17-21(5)9-12)18-14-7-13(10-22-6)19-15(20-14)16(2,3)4/h7-9,11H,10H2,1-6H3,(H,18,19,20). The van der Waals surface area contributed by atoms with Crippen LogP contribution in [0, 0.1) is 0 Å². The van der Waals surface area contributed by atoms with Crippen molar-refractivity contribution in [1.29, 1.82) is 0 Å². The van der Waals surface area contributed by atoms with E-state index in [1.807, 2.05) is 25.5 Å². The average molecular weight is 303 g/mol. The van der Waals surface area contributed by atoms with Crippen LogP contribution in [0.5, 0.6) is 0 Å². The quantitative estimate of drug-likeness (QED) is 0.920. The lowest BCUT2D eigenvalue weighted by Crippen LogP contribution is -2.19. The summed E-state index contributed by atoms with van der Waals surface area (Å²) >= 11 is 0. The molecule has 2 rings (SSSR count). The molecule has 1 atom stereocenters. The molecule has 0 aliphatic rings. The zero-order valence-corrected chi connectivity index (χ0v) is 14.2. The van der Waals surface area contributed by atoms with Crippen LogP contribution in [0.15, 0.2) is 18.5 Å². The fraction of sp³-hybridized carbons (Fsp3) is 0.562. The minimum absolute atomic E-state index is 0.113. The van der Waals surface area contributed by atoms with Crippen LogP contribution in [0.2, 0.25) is 0 Å². The Morgan fingerprint density at radius 1 is 1.32 bits per heavy atom. The third-order valence-corrected chi connectivity index (χ3v) is 3.33. The van der Waals surface area contributed by atoms with E-state index < -0.39 is 0 Å². The SMILES string of the molecule is COCc1cc(NC(C)c2cnn(C)c2)nc(C(C)(C)C)n1. The average Bonchev–Trinajstić information content (AvgIpc) is 2.84. The minimum atomic E-state index is -0.113. The summed E-state index contributed by atoms with van der Waals surface area (Å²) in [6, 6.07) is 2.05. The maximum absolute atomic E-state index is 5.21. The monoisotopic (exact) mass is 303 g/mol. The number of hydrogen-bond donors (Lipinski definition) is 1. The Morgan fingerprint density at radius 3 is 2.59 bits per heavy atom. The van der Waals surface area contributed by atoms with E-state index in [4.69, 9.17) is 4.74 Å². The van der Waals surface area contributed by atoms with E-state index in [-0.39, 0.29) is 11.5 Å². The molecular formula is C16H25N5O. The van der Waals surface area contributed by atoms with Gasteiger partial charge in [0.2, 0.25) is 0 Å². The molecule has 0 saturated heterocycles. The van der Waals surface area contributed by atoms with Crippen LogP contribution in [0.1, 0.15) is 50.8 Å². The van der Waals surface area contributed by atoms with Crippen LogP contribution in [0.4, 0.5) is 5.82 Å². The second-order valence-corrected chi connectivity index (χ2v) is 6.56. The molecule has 0 amide bonds. The summed E-state index contributed by atoms with van der Waals surface area (Å²) in [6.07, 6.45) is 3.86. The van der Waals surface area contributed by atoms with Gasteiger partial charge in [0, 0.05) is 37.4 Å². The highest BCUT2D eigenvalue weighted by atomic mass is 16.5. The molecule has 2 aromatic rings. The highest BCUT2D eigenvalue weighted by Crippen LogP contribution is 2.23. The summed E-state index contributed by atoms with van der Waals surface area (Å²) in [4.78, 5) is 9.24. The molecule has 0 saturated carbocycles. The molecule has 0 fully saturated rings. The Balaban J connectivity index is 2.27. The van der Waals surface area contributed by atoms with E-state index in [0.717, 1.165) is 22.9 Å². The highest BCUT2D eigenvalue weighted by Gasteiger charge is 2.20. The molecule has 0 aromatic carbocycles. The molecule has 0 bridgehead atoms. The molecular weight excluding hydrogens is 278 g/mol. The van der Waals surface area contributed by atoms with Crippen molar-refractivity contribution in [3.63, 3.8) is 0 Å². The maximum Gasteiger partial charge on any atom is 0.136 e. The van der Waals surface area contributed by atoms with Crippen molar-refractivity contribution in [3.05, 3.63) is 35.5 Å². The molecule has 6 heteroatoms. The van der Waals surface area contributed by atoms with Gasteiger partial charge in [0.25, 0.3) is 0 Å². The van der Waals surface area contributed by atoms with Crippen molar-refractivity contribution in [2.24, 2.45) is 7.05 Å². The first-order valence-corrected chi connectivity index (χ1v) is 7.42. The lowest BCUT2D eigenvalue weighted by atomic mass is 9.95. The third kappa shape index (κ3) is 4.04. The number of anilines is 1. The number of nitrogens with one attached hydrogen (secondary N) is 1. The summed E-state index contributed by atoms with van der Waals surface area (Å²) in [6.45, 7) is 8.88. The zero-order valence-electron chi connectivity index (χ0n) is 14.2. The number of nitrogens with zero attached hydrogens (tertiary/aromatic N) is 4. The molecule has 0 radical (unpaired) electrons. The molecule has 120 valence electrons. The van der Waals surface area contributed by atoms with E-state index >= 15 is 0 Å². The van der Waals surface area contributed by atoms with Crippen molar-refractivity contribution in [2.45, 2.75) is 45.8 Å². The zero-order chi connectivity index (χ0) is 16.3. The van der Waals surface area contributed by atoms with Gasteiger partial charge in [0.05, 0.1) is 24.5 Å². The van der Waals surface area contributed by atoms with Gasteiger partial charge in [0.1, 0.15) is 11.6 Å². The van der Waals surface area contributed by atoms with Crippen LogP contribution >= 0.6 is 0 Å². The summed E-state index contributed by atoms with van der Waals surface area (Å²) in [5, 5.41) is 7.63. The van der Waals surface area contributed by atoms with Gasteiger partial charge in [-0.2, -0.15) is 5.10 Å². The van der Waals surface area contributed by atoms with Crippen LogP contribution in [-0.2, 0) is 23.8 Å². The smallest absolute Gasteiger partial charge is 0.136 e. The Morgan fingerprint density at radius 2 is 2.05 bits per heavy atom. The Bertz CT molecular complexity index is 630. The molecule has 1 N–H and O–H groups in total. The van der Waals surface area contributed by atoms with Crippen LogP contribution < -0.4 is 5.32 Å². The molecule has 2 aromatic heterocycles. The number of ether oxygens (including phenoxy) is 1. The summed E-state index contributed by atoms with van der Waals surface area (Å²) in [5.41, 5.74) is 1.88. The van der Waals surface area contributed by atoms with E-state index in [1.54, 1.807) is 11.8 Å². The normalized spacial score (nSPS) is 13.2. The Kier molecular flexibility index (Phi) is 4.81. The first kappa shape index (κ1) is 16.4. The summed E-state index contributed by atoms with van der Waals surface area (Å²) < 4.78 is 7.01. The molecule has 0 spiro atoms. The molecule has 0 aliphatic carbocycles. The first-order valence-electron chi connectivity index (χ1n) is 7.42. The van der Waals surface area contributed by atoms with Crippen molar-refractivity contribution < 1.29 is 4.74 Å². The summed E-state index contributed by atoms with van der Waals surface area (Å²) in [7, 11) is 3.58. The number of hydrogen-bond acceptors (Lipinski definition) is 5. The van der Waals surface area contributed by atoms with Gasteiger partial charge in [-0.3, -0.25) is 4.68 Å². The highest BCUT2D eigenvalue weighted by molar-refractivity contribution is 5.39. The van der Waals surface area contributed by atoms with Gasteiger partial charge < -0.3 is 10.1 Å². The third-order valence-electron chi connectivity index (χ3n) is 3.33. The molecule has 6 nitrogen and oxygen atoms in total. The first-order chi connectivity index (χ1) is 10.3. The van der Waals surface area contributed by atoms with E-state index in [0.29, 0.717) is 6.61 Å². The fourth-order valence-electron chi connectivity index (χ4n) is 2.10. The number of aromatic nitrogens is 4. The van der Waals surface area contributed by atoms with Crippen molar-refractivity contribution in [3.8, 4) is 0 Å². The van der Waals surface area contributed by atoms with Gasteiger partial charge in [-0.05, 0) is 6.92 Å². The lowest BCUT2D eigenvalue weighted by molar-refractivity contribution is 0.181. The van der Waals surface area contributed by atoms with Crippen LogP contribution in [0.3, 0.4) is 0 Å². The van der Waals surface area contributed by atoms with Gasteiger partial charge in [-0.15, -0.1) is 0 Å². The minimum Gasteiger partial charge on any atom is -0.378 e. The van der Waals surface area contributed by atoms with Crippen molar-refractivity contribution >= 4 is 5.82 Å². The second kappa shape index (κ2) is 6.44. The molecule has 0 aliphatic heterocycles. The van der Waals surface area contributed by atoms with E-state index in [9.17, 15) is 0 Å². The summed E-state index contributed by atoms with van der Waals surface area (Å²) in [5.74, 6) is 1.62. The molecule has 2 heterocycles. The van der Waals surface area contributed by atoms with Crippen molar-refractivity contribution in [2.75, 3.05) is 12.4 Å². The van der Waals surface area contributed by atoms with Gasteiger partial charge in [0.15, 0.2) is 0 Å². The van der Waals surface area contributed by atoms with Gasteiger partial charge in [-0.25, -0.2) is 9.97 Å². The number of methoxy groups -OCH3 is 1. The predicted molar refractivity (Wildman–Crippen MR) is 86.7 cm³/mol. The largest absolute Gasteiger partial charge is 0.378 e. The van der Waals surface area contributed by atoms with E-state index in [1.165, 1.54) is 0 Å². The molecule has 1 unspecified atom stereocenters. The van der Waals surface area contributed by atoms with Crippen LogP contribution in [-0.4, -0.2) is 26.9 Å². The second-order valence-electron chi connectivity index (χ2n) is 6.56. The fourth-order valence-corrected chi connectivity index (χ4v) is 2.10. The number of rotatable bonds is 5. The lowest BCUT2D eigenvalue weighted by Gasteiger charge is -2.20. The predicted octanol–water partition coefficient (Wildman–Crippen LogP) is 2.83. The molecule has 22 heavy (non-hydrogen) atoms. The van der Waals surface area contributed by atoms with Gasteiger partial charge in [-0.1, -0.05) is 20.8 Å². The maximum atomic E-state index is 5.21.